The maximum absolute atomic E-state index is 12.3. The van der Waals surface area contributed by atoms with Crippen LogP contribution in [0.3, 0.4) is 0 Å². The van der Waals surface area contributed by atoms with E-state index in [0.29, 0.717) is 17.7 Å². The zero-order valence-electron chi connectivity index (χ0n) is 11.8. The molecule has 8 heteroatoms. The summed E-state index contributed by atoms with van der Waals surface area (Å²) in [5.74, 6) is -0.533. The largest absolute Gasteiger partial charge is 0.495 e. The fraction of sp³-hybridized carbons (Fsp3) is 0.214. The molecule has 2 aromatic rings. The molecule has 0 radical (unpaired) electrons. The molecule has 0 saturated carbocycles. The summed E-state index contributed by atoms with van der Waals surface area (Å²) in [6.45, 7) is 0. The highest BCUT2D eigenvalue weighted by Gasteiger charge is 2.17. The van der Waals surface area contributed by atoms with Crippen molar-refractivity contribution >= 4 is 33.0 Å². The van der Waals surface area contributed by atoms with E-state index in [2.05, 4.69) is 4.72 Å². The van der Waals surface area contributed by atoms with Gasteiger partial charge in [0.15, 0.2) is 0 Å². The third-order valence-corrected chi connectivity index (χ3v) is 5.14. The van der Waals surface area contributed by atoms with E-state index in [1.807, 2.05) is 0 Å². The number of carboxylic acid groups (broad SMARTS) is 1. The molecule has 0 aliphatic heterocycles. The van der Waals surface area contributed by atoms with E-state index < -0.39 is 16.0 Å². The molecule has 0 fully saturated rings. The van der Waals surface area contributed by atoms with Gasteiger partial charge in [0.25, 0.3) is 10.0 Å². The third kappa shape index (κ3) is 3.99. The minimum atomic E-state index is -3.69. The fourth-order valence-electron chi connectivity index (χ4n) is 1.85. The maximum atomic E-state index is 12.3. The van der Waals surface area contributed by atoms with E-state index in [0.717, 1.165) is 0 Å². The van der Waals surface area contributed by atoms with E-state index in [-0.39, 0.29) is 17.0 Å². The zero-order chi connectivity index (χ0) is 16.2. The van der Waals surface area contributed by atoms with Crippen LogP contribution in [-0.4, -0.2) is 26.6 Å². The number of aliphatic carboxylic acids is 1. The molecule has 118 valence electrons. The van der Waals surface area contributed by atoms with Gasteiger partial charge in [-0.05, 0) is 35.6 Å². The predicted molar refractivity (Wildman–Crippen MR) is 84.1 cm³/mol. The molecule has 0 unspecified atom stereocenters. The Hall–Kier alpha value is -2.06. The summed E-state index contributed by atoms with van der Waals surface area (Å²) in [6.07, 6.45) is 0.287. The first-order chi connectivity index (χ1) is 10.4. The Balaban J connectivity index is 2.28. The summed E-state index contributed by atoms with van der Waals surface area (Å²) in [5.41, 5.74) is 1.00. The fourth-order valence-corrected chi connectivity index (χ4v) is 3.94. The van der Waals surface area contributed by atoms with E-state index in [4.69, 9.17) is 9.84 Å². The smallest absolute Gasteiger partial charge is 0.303 e. The lowest BCUT2D eigenvalue weighted by atomic mass is 10.1. The number of ether oxygens (including phenoxy) is 1. The van der Waals surface area contributed by atoms with E-state index in [1.54, 1.807) is 23.6 Å². The topological polar surface area (TPSA) is 92.7 Å². The third-order valence-electron chi connectivity index (χ3n) is 2.94. The van der Waals surface area contributed by atoms with Crippen molar-refractivity contribution in [2.75, 3.05) is 11.8 Å². The second-order valence-corrected chi connectivity index (χ2v) is 6.96. The van der Waals surface area contributed by atoms with Crippen LogP contribution in [0.1, 0.15) is 12.0 Å². The van der Waals surface area contributed by atoms with Gasteiger partial charge in [0.1, 0.15) is 5.75 Å². The van der Waals surface area contributed by atoms with E-state index in [9.17, 15) is 13.2 Å². The Morgan fingerprint density at radius 2 is 2.14 bits per heavy atom. The summed E-state index contributed by atoms with van der Waals surface area (Å²) in [5, 5.41) is 11.9. The molecule has 1 heterocycles. The van der Waals surface area contributed by atoms with Crippen LogP contribution < -0.4 is 9.46 Å². The number of thiophene rings is 1. The average Bonchev–Trinajstić information content (AvgIpc) is 3.00. The van der Waals surface area contributed by atoms with Crippen LogP contribution in [0.4, 0.5) is 5.69 Å². The summed E-state index contributed by atoms with van der Waals surface area (Å²) in [7, 11) is -2.25. The van der Waals surface area contributed by atoms with Gasteiger partial charge in [-0.1, -0.05) is 6.07 Å². The highest BCUT2D eigenvalue weighted by atomic mass is 32.2. The molecular formula is C14H15NO5S2. The summed E-state index contributed by atoms with van der Waals surface area (Å²) < 4.78 is 32.1. The number of methoxy groups -OCH3 is 1. The number of carbonyl (C=O) groups is 1. The number of rotatable bonds is 7. The van der Waals surface area contributed by atoms with Crippen LogP contribution in [0.15, 0.2) is 39.9 Å². The average molecular weight is 341 g/mol. The van der Waals surface area contributed by atoms with Crippen LogP contribution in [-0.2, 0) is 21.2 Å². The Morgan fingerprint density at radius 3 is 2.73 bits per heavy atom. The molecule has 0 amide bonds. The van der Waals surface area contributed by atoms with Crippen LogP contribution in [0.5, 0.6) is 5.75 Å². The molecule has 2 N–H and O–H groups in total. The summed E-state index contributed by atoms with van der Waals surface area (Å²) in [4.78, 5) is 10.8. The number of nitrogens with one attached hydrogen (secondary N) is 1. The summed E-state index contributed by atoms with van der Waals surface area (Å²) >= 11 is 1.29. The second kappa shape index (κ2) is 6.80. The lowest BCUT2D eigenvalue weighted by Gasteiger charge is -2.12. The monoisotopic (exact) mass is 341 g/mol. The number of benzene rings is 1. The van der Waals surface area contributed by atoms with Crippen LogP contribution in [0.25, 0.3) is 0 Å². The molecule has 2 rings (SSSR count). The van der Waals surface area contributed by atoms with Gasteiger partial charge in [-0.3, -0.25) is 9.52 Å². The second-order valence-electron chi connectivity index (χ2n) is 4.49. The first-order valence-electron chi connectivity index (χ1n) is 6.36. The Kier molecular flexibility index (Phi) is 5.04. The van der Waals surface area contributed by atoms with Crippen molar-refractivity contribution < 1.29 is 23.1 Å². The number of hydrogen-bond donors (Lipinski definition) is 2. The molecule has 0 bridgehead atoms. The summed E-state index contributed by atoms with van der Waals surface area (Å²) in [6, 6.07) is 6.42. The number of carboxylic acids is 1. The quantitative estimate of drug-likeness (QED) is 0.807. The van der Waals surface area contributed by atoms with Gasteiger partial charge >= 0.3 is 5.97 Å². The zero-order valence-corrected chi connectivity index (χ0v) is 13.4. The van der Waals surface area contributed by atoms with Crippen LogP contribution in [0, 0.1) is 0 Å². The minimum Gasteiger partial charge on any atom is -0.495 e. The van der Waals surface area contributed by atoms with E-state index in [1.165, 1.54) is 29.9 Å². The van der Waals surface area contributed by atoms with Gasteiger partial charge in [-0.25, -0.2) is 8.42 Å². The van der Waals surface area contributed by atoms with Crippen LogP contribution >= 0.6 is 11.3 Å². The van der Waals surface area contributed by atoms with Gasteiger partial charge in [0, 0.05) is 11.8 Å². The van der Waals surface area contributed by atoms with Gasteiger partial charge in [0.05, 0.1) is 17.7 Å². The van der Waals surface area contributed by atoms with Crippen molar-refractivity contribution in [3.8, 4) is 5.75 Å². The lowest BCUT2D eigenvalue weighted by Crippen LogP contribution is -2.13. The van der Waals surface area contributed by atoms with Crippen molar-refractivity contribution in [3.63, 3.8) is 0 Å². The number of sulfonamides is 1. The number of aryl methyl sites for hydroxylation is 1. The van der Waals surface area contributed by atoms with Gasteiger partial charge in [-0.2, -0.15) is 11.3 Å². The molecule has 1 aromatic carbocycles. The number of hydrogen-bond acceptors (Lipinski definition) is 5. The van der Waals surface area contributed by atoms with Crippen molar-refractivity contribution in [3.05, 3.63) is 40.6 Å². The minimum absolute atomic E-state index is 0.0248. The van der Waals surface area contributed by atoms with Crippen LogP contribution in [0.2, 0.25) is 0 Å². The van der Waals surface area contributed by atoms with Gasteiger partial charge in [-0.15, -0.1) is 0 Å². The molecule has 0 aliphatic carbocycles. The first kappa shape index (κ1) is 16.3. The molecule has 0 spiro atoms. The molecule has 22 heavy (non-hydrogen) atoms. The normalized spacial score (nSPS) is 11.1. The Bertz CT molecular complexity index is 754. The van der Waals surface area contributed by atoms with Crippen molar-refractivity contribution in [2.24, 2.45) is 0 Å². The van der Waals surface area contributed by atoms with Crippen molar-refractivity contribution in [2.45, 2.75) is 17.7 Å². The SMILES string of the molecule is COc1ccc(CCC(=O)O)cc1NS(=O)(=O)c1ccsc1. The first-order valence-corrected chi connectivity index (χ1v) is 8.78. The molecule has 0 aliphatic rings. The highest BCUT2D eigenvalue weighted by Crippen LogP contribution is 2.29. The molecular weight excluding hydrogens is 326 g/mol. The maximum Gasteiger partial charge on any atom is 0.303 e. The molecule has 6 nitrogen and oxygen atoms in total. The Labute approximate surface area is 132 Å². The highest BCUT2D eigenvalue weighted by molar-refractivity contribution is 7.92. The van der Waals surface area contributed by atoms with E-state index >= 15 is 0 Å². The van der Waals surface area contributed by atoms with Crippen molar-refractivity contribution in [1.29, 1.82) is 0 Å². The Morgan fingerprint density at radius 1 is 1.36 bits per heavy atom. The molecule has 0 saturated heterocycles. The van der Waals surface area contributed by atoms with Crippen molar-refractivity contribution in [1.82, 2.24) is 0 Å². The molecule has 0 atom stereocenters. The lowest BCUT2D eigenvalue weighted by molar-refractivity contribution is -0.136. The van der Waals surface area contributed by atoms with Gasteiger partial charge < -0.3 is 9.84 Å². The standard InChI is InChI=1S/C14H15NO5S2/c1-20-13-4-2-10(3-5-14(16)17)8-12(13)15-22(18,19)11-6-7-21-9-11/h2,4,6-9,15H,3,5H2,1H3,(H,16,17). The predicted octanol–water partition coefficient (Wildman–Crippen LogP) is 2.57. The molecule has 1 aromatic heterocycles. The van der Waals surface area contributed by atoms with Gasteiger partial charge in [0.2, 0.25) is 0 Å². The number of anilines is 1.